The fraction of sp³-hybridized carbons (Fsp3) is 0.348. The lowest BCUT2D eigenvalue weighted by Gasteiger charge is -2.36. The van der Waals surface area contributed by atoms with Crippen molar-refractivity contribution in [1.29, 1.82) is 0 Å². The van der Waals surface area contributed by atoms with E-state index < -0.39 is 47.1 Å². The first-order valence-electron chi connectivity index (χ1n) is 10.2. The molecule has 1 saturated carbocycles. The van der Waals surface area contributed by atoms with Gasteiger partial charge in [-0.25, -0.2) is 4.79 Å². The number of likely N-dealkylation sites (tertiary alicyclic amines) is 1. The molecular formula is C23H21ClN2O6. The number of allylic oxidation sites excluding steroid dienone is 2. The van der Waals surface area contributed by atoms with E-state index in [2.05, 4.69) is 5.32 Å². The van der Waals surface area contributed by atoms with Crippen molar-refractivity contribution in [3.8, 4) is 0 Å². The Hall–Kier alpha value is -3.26. The number of carbonyl (C=O) groups excluding carboxylic acids is 5. The number of hydrogen-bond acceptors (Lipinski definition) is 6. The number of hydrogen-bond donors (Lipinski definition) is 1. The summed E-state index contributed by atoms with van der Waals surface area (Å²) < 4.78 is 4.84. The molecular weight excluding hydrogens is 436 g/mol. The largest absolute Gasteiger partial charge is 0.467 e. The van der Waals surface area contributed by atoms with Crippen LogP contribution in [0, 0.1) is 11.8 Å². The zero-order valence-corrected chi connectivity index (χ0v) is 18.0. The standard InChI is InChI=1S/C23H21ClN2O6/c1-32-21(30)18(13-6-8-14(24)9-7-13)25-22(31)23(11-10-15(27)12-23)26-19(28)16-4-2-3-5-17(16)20(26)29/h2-9,16-18H,10-12H2,1H3,(H,25,31)/t16?,17?,18-,23?/m0/s1. The molecule has 1 saturated heterocycles. The summed E-state index contributed by atoms with van der Waals surface area (Å²) in [5.74, 6) is -4.18. The van der Waals surface area contributed by atoms with E-state index in [4.69, 9.17) is 16.3 Å². The fourth-order valence-corrected chi connectivity index (χ4v) is 4.69. The maximum Gasteiger partial charge on any atom is 0.333 e. The molecule has 166 valence electrons. The van der Waals surface area contributed by atoms with Crippen molar-refractivity contribution in [3.63, 3.8) is 0 Å². The molecule has 3 unspecified atom stereocenters. The monoisotopic (exact) mass is 456 g/mol. The number of ketones is 1. The number of methoxy groups -OCH3 is 1. The van der Waals surface area contributed by atoms with Crippen LogP contribution >= 0.6 is 11.6 Å². The van der Waals surface area contributed by atoms with Gasteiger partial charge in [0.25, 0.3) is 0 Å². The number of Topliss-reactive ketones (excluding diaryl/α,β-unsaturated/α-hetero) is 1. The summed E-state index contributed by atoms with van der Waals surface area (Å²) in [6.45, 7) is 0. The molecule has 1 aromatic carbocycles. The molecule has 0 aromatic heterocycles. The van der Waals surface area contributed by atoms with Gasteiger partial charge in [0.2, 0.25) is 17.7 Å². The minimum absolute atomic E-state index is 0.00345. The number of nitrogens with zero attached hydrogens (tertiary/aromatic N) is 1. The number of fused-ring (bicyclic) bond motifs is 1. The zero-order chi connectivity index (χ0) is 23.0. The number of ether oxygens (including phenoxy) is 1. The number of amides is 3. The van der Waals surface area contributed by atoms with Crippen LogP contribution in [0.4, 0.5) is 0 Å². The summed E-state index contributed by atoms with van der Waals surface area (Å²) >= 11 is 5.92. The van der Waals surface area contributed by atoms with E-state index in [0.29, 0.717) is 10.6 Å². The third kappa shape index (κ3) is 3.54. The lowest BCUT2D eigenvalue weighted by molar-refractivity contribution is -0.156. The summed E-state index contributed by atoms with van der Waals surface area (Å²) in [5.41, 5.74) is -1.28. The molecule has 3 aliphatic rings. The first kappa shape index (κ1) is 22.0. The van der Waals surface area contributed by atoms with Crippen LogP contribution in [0.25, 0.3) is 0 Å². The van der Waals surface area contributed by atoms with Crippen molar-refractivity contribution >= 4 is 41.1 Å². The van der Waals surface area contributed by atoms with Crippen LogP contribution in [0.3, 0.4) is 0 Å². The van der Waals surface area contributed by atoms with Crippen LogP contribution in [0.1, 0.15) is 30.9 Å². The molecule has 3 amide bonds. The molecule has 8 nitrogen and oxygen atoms in total. The summed E-state index contributed by atoms with van der Waals surface area (Å²) in [7, 11) is 1.18. The molecule has 4 rings (SSSR count). The molecule has 32 heavy (non-hydrogen) atoms. The molecule has 9 heteroatoms. The smallest absolute Gasteiger partial charge is 0.333 e. The Morgan fingerprint density at radius 3 is 2.19 bits per heavy atom. The van der Waals surface area contributed by atoms with E-state index >= 15 is 0 Å². The summed E-state index contributed by atoms with van der Waals surface area (Å²) in [6.07, 6.45) is 6.35. The summed E-state index contributed by atoms with van der Waals surface area (Å²) in [4.78, 5) is 65.6. The van der Waals surface area contributed by atoms with E-state index in [9.17, 15) is 24.0 Å². The van der Waals surface area contributed by atoms with Gasteiger partial charge in [0.15, 0.2) is 6.04 Å². The first-order chi connectivity index (χ1) is 15.3. The average Bonchev–Trinajstić information content (AvgIpc) is 3.30. The number of rotatable bonds is 5. The number of esters is 1. The third-order valence-corrected chi connectivity index (χ3v) is 6.47. The molecule has 1 N–H and O–H groups in total. The summed E-state index contributed by atoms with van der Waals surface area (Å²) in [5, 5.41) is 3.06. The Morgan fingerprint density at radius 1 is 1.09 bits per heavy atom. The quantitative estimate of drug-likeness (QED) is 0.535. The van der Waals surface area contributed by atoms with Crippen molar-refractivity contribution < 1.29 is 28.7 Å². The molecule has 1 aromatic rings. The van der Waals surface area contributed by atoms with E-state index in [1.165, 1.54) is 7.11 Å². The number of nitrogens with one attached hydrogen (secondary N) is 1. The van der Waals surface area contributed by atoms with Crippen molar-refractivity contribution in [2.45, 2.75) is 30.8 Å². The van der Waals surface area contributed by atoms with Gasteiger partial charge in [0.1, 0.15) is 11.3 Å². The highest BCUT2D eigenvalue weighted by atomic mass is 35.5. The van der Waals surface area contributed by atoms with Crippen LogP contribution < -0.4 is 5.32 Å². The molecule has 1 aliphatic heterocycles. The molecule has 1 heterocycles. The maximum absolute atomic E-state index is 13.6. The lowest BCUT2D eigenvalue weighted by atomic mass is 9.91. The van der Waals surface area contributed by atoms with Crippen molar-refractivity contribution in [3.05, 3.63) is 59.2 Å². The second-order valence-corrected chi connectivity index (χ2v) is 8.50. The lowest BCUT2D eigenvalue weighted by Crippen LogP contribution is -2.60. The highest BCUT2D eigenvalue weighted by Gasteiger charge is 2.60. The number of halogens is 1. The Bertz CT molecular complexity index is 1030. The van der Waals surface area contributed by atoms with Gasteiger partial charge in [-0.3, -0.25) is 24.1 Å². The van der Waals surface area contributed by atoms with Crippen molar-refractivity contribution in [1.82, 2.24) is 10.2 Å². The fourth-order valence-electron chi connectivity index (χ4n) is 4.56. The first-order valence-corrected chi connectivity index (χ1v) is 10.5. The predicted molar refractivity (Wildman–Crippen MR) is 113 cm³/mol. The zero-order valence-electron chi connectivity index (χ0n) is 17.2. The topological polar surface area (TPSA) is 110 Å². The van der Waals surface area contributed by atoms with E-state index in [1.807, 2.05) is 0 Å². The van der Waals surface area contributed by atoms with Crippen LogP contribution in [0.2, 0.25) is 5.02 Å². The van der Waals surface area contributed by atoms with Crippen LogP contribution in [-0.4, -0.2) is 47.0 Å². The molecule has 0 radical (unpaired) electrons. The van der Waals surface area contributed by atoms with Gasteiger partial charge in [0.05, 0.1) is 18.9 Å². The predicted octanol–water partition coefficient (Wildman–Crippen LogP) is 1.89. The van der Waals surface area contributed by atoms with Gasteiger partial charge in [-0.1, -0.05) is 48.0 Å². The van der Waals surface area contributed by atoms with Gasteiger partial charge < -0.3 is 10.1 Å². The molecule has 4 atom stereocenters. The number of imide groups is 1. The van der Waals surface area contributed by atoms with Gasteiger partial charge in [0, 0.05) is 17.9 Å². The van der Waals surface area contributed by atoms with Crippen LogP contribution in [-0.2, 0) is 28.7 Å². The Kier molecular flexibility index (Phi) is 5.73. The van der Waals surface area contributed by atoms with Crippen LogP contribution in [0.5, 0.6) is 0 Å². The molecule has 0 bridgehead atoms. The van der Waals surface area contributed by atoms with Gasteiger partial charge in [-0.2, -0.15) is 0 Å². The number of benzene rings is 1. The maximum atomic E-state index is 13.6. The van der Waals surface area contributed by atoms with Gasteiger partial charge >= 0.3 is 5.97 Å². The van der Waals surface area contributed by atoms with E-state index in [-0.39, 0.29) is 25.0 Å². The molecule has 0 spiro atoms. The second kappa shape index (κ2) is 8.35. The Balaban J connectivity index is 1.70. The second-order valence-electron chi connectivity index (χ2n) is 8.06. The van der Waals surface area contributed by atoms with Gasteiger partial charge in [-0.15, -0.1) is 0 Å². The SMILES string of the molecule is COC(=O)[C@@H](NC(=O)C1(N2C(=O)C3C=CC=CC3C2=O)CCC(=O)C1)c1ccc(Cl)cc1. The Morgan fingerprint density at radius 2 is 1.69 bits per heavy atom. The molecule has 2 fully saturated rings. The Labute approximate surface area is 189 Å². The average molecular weight is 457 g/mol. The third-order valence-electron chi connectivity index (χ3n) is 6.22. The highest BCUT2D eigenvalue weighted by molar-refractivity contribution is 6.30. The van der Waals surface area contributed by atoms with Crippen LogP contribution in [0.15, 0.2) is 48.6 Å². The highest BCUT2D eigenvalue weighted by Crippen LogP contribution is 2.42. The van der Waals surface area contributed by atoms with E-state index in [1.54, 1.807) is 48.6 Å². The minimum Gasteiger partial charge on any atom is -0.467 e. The van der Waals surface area contributed by atoms with E-state index in [0.717, 1.165) is 4.90 Å². The van der Waals surface area contributed by atoms with Crippen molar-refractivity contribution in [2.24, 2.45) is 11.8 Å². The van der Waals surface area contributed by atoms with Crippen molar-refractivity contribution in [2.75, 3.05) is 7.11 Å². The normalized spacial score (nSPS) is 27.4. The van der Waals surface area contributed by atoms with Gasteiger partial charge in [-0.05, 0) is 24.1 Å². The minimum atomic E-state index is -1.69. The molecule has 2 aliphatic carbocycles. The number of carbonyl (C=O) groups is 5. The summed E-state index contributed by atoms with van der Waals surface area (Å²) in [6, 6.07) is 5.04.